The van der Waals surface area contributed by atoms with Crippen molar-refractivity contribution in [2.45, 2.75) is 110 Å². The normalized spacial score (nSPS) is 30.9. The highest BCUT2D eigenvalue weighted by Crippen LogP contribution is 2.25. The summed E-state index contributed by atoms with van der Waals surface area (Å²) in [7, 11) is 0. The molecule has 0 aromatic carbocycles. The molecule has 3 aliphatic heterocycles. The van der Waals surface area contributed by atoms with Crippen LogP contribution in [-0.4, -0.2) is 82.6 Å². The predicted molar refractivity (Wildman–Crippen MR) is 139 cm³/mol. The van der Waals surface area contributed by atoms with Gasteiger partial charge in [0.2, 0.25) is 29.5 Å². The standard InChI is InChI=1S/C27H45N5O5/c1-7-17(6)22-27(37)32-13-9-11-20(32)25(35)29-21(16(4)5)26(36)31-12-8-10-19(31)24(34)28-18(14-15(2)3)23(33)30-22/h15-22H,7-14H2,1-6H3,(H,28,34)(H,29,35)(H,30,33)/t17-,18+,19+,20+,21+,22+/m1/s1. The molecule has 0 spiro atoms. The Morgan fingerprint density at radius 3 is 1.70 bits per heavy atom. The van der Waals surface area contributed by atoms with E-state index in [9.17, 15) is 24.0 Å². The van der Waals surface area contributed by atoms with Gasteiger partial charge in [-0.1, -0.05) is 48.0 Å². The quantitative estimate of drug-likeness (QED) is 0.503. The third-order valence-corrected chi connectivity index (χ3v) is 8.02. The summed E-state index contributed by atoms with van der Waals surface area (Å²) in [6, 6.07) is -3.85. The average Bonchev–Trinajstić information content (AvgIpc) is 3.53. The Morgan fingerprint density at radius 1 is 0.730 bits per heavy atom. The molecule has 0 aromatic heterocycles. The number of hydrogen-bond acceptors (Lipinski definition) is 5. The Hall–Kier alpha value is -2.65. The topological polar surface area (TPSA) is 128 Å². The fourth-order valence-electron chi connectivity index (χ4n) is 5.63. The van der Waals surface area contributed by atoms with Crippen molar-refractivity contribution in [3.63, 3.8) is 0 Å². The molecule has 3 fully saturated rings. The van der Waals surface area contributed by atoms with E-state index in [1.807, 2.05) is 41.5 Å². The smallest absolute Gasteiger partial charge is 0.246 e. The Balaban J connectivity index is 2.04. The summed E-state index contributed by atoms with van der Waals surface area (Å²) < 4.78 is 0. The maximum atomic E-state index is 13.8. The Bertz CT molecular complexity index is 890. The summed E-state index contributed by atoms with van der Waals surface area (Å²) in [5.41, 5.74) is 0. The van der Waals surface area contributed by atoms with Gasteiger partial charge in [0.05, 0.1) is 0 Å². The molecule has 0 saturated carbocycles. The van der Waals surface area contributed by atoms with Crippen molar-refractivity contribution in [2.75, 3.05) is 13.1 Å². The molecule has 208 valence electrons. The van der Waals surface area contributed by atoms with Crippen LogP contribution in [0.25, 0.3) is 0 Å². The van der Waals surface area contributed by atoms with Crippen molar-refractivity contribution < 1.29 is 24.0 Å². The van der Waals surface area contributed by atoms with Crippen LogP contribution in [0.15, 0.2) is 0 Å². The van der Waals surface area contributed by atoms with Gasteiger partial charge < -0.3 is 25.8 Å². The second kappa shape index (κ2) is 12.3. The van der Waals surface area contributed by atoms with Crippen LogP contribution < -0.4 is 16.0 Å². The lowest BCUT2D eigenvalue weighted by atomic mass is 9.95. The van der Waals surface area contributed by atoms with Crippen LogP contribution in [0.4, 0.5) is 0 Å². The van der Waals surface area contributed by atoms with Gasteiger partial charge in [-0.3, -0.25) is 24.0 Å². The summed E-state index contributed by atoms with van der Waals surface area (Å²) in [6.45, 7) is 12.4. The lowest BCUT2D eigenvalue weighted by Gasteiger charge is -2.33. The van der Waals surface area contributed by atoms with Gasteiger partial charge in [0.15, 0.2) is 0 Å². The van der Waals surface area contributed by atoms with Crippen LogP contribution in [-0.2, 0) is 24.0 Å². The summed E-state index contributed by atoms with van der Waals surface area (Å²) in [6.07, 6.45) is 3.40. The third-order valence-electron chi connectivity index (χ3n) is 8.02. The molecule has 10 nitrogen and oxygen atoms in total. The highest BCUT2D eigenvalue weighted by molar-refractivity contribution is 5.98. The van der Waals surface area contributed by atoms with Gasteiger partial charge >= 0.3 is 0 Å². The van der Waals surface area contributed by atoms with Crippen molar-refractivity contribution in [1.82, 2.24) is 25.8 Å². The van der Waals surface area contributed by atoms with Crippen molar-refractivity contribution in [3.8, 4) is 0 Å². The molecule has 0 unspecified atom stereocenters. The van der Waals surface area contributed by atoms with Crippen molar-refractivity contribution in [2.24, 2.45) is 17.8 Å². The first-order valence-corrected chi connectivity index (χ1v) is 14.0. The minimum Gasteiger partial charge on any atom is -0.343 e. The fraction of sp³-hybridized carbons (Fsp3) is 0.815. The number of nitrogens with one attached hydrogen (secondary N) is 3. The molecule has 3 saturated heterocycles. The first-order chi connectivity index (χ1) is 17.5. The number of carbonyl (C=O) groups is 5. The van der Waals surface area contributed by atoms with E-state index in [1.165, 1.54) is 0 Å². The molecule has 6 atom stereocenters. The molecular weight excluding hydrogens is 474 g/mol. The van der Waals surface area contributed by atoms with Gasteiger partial charge in [-0.05, 0) is 49.9 Å². The summed E-state index contributed by atoms with van der Waals surface area (Å²) >= 11 is 0. The summed E-state index contributed by atoms with van der Waals surface area (Å²) in [4.78, 5) is 70.8. The van der Waals surface area contributed by atoms with Gasteiger partial charge in [-0.2, -0.15) is 0 Å². The maximum Gasteiger partial charge on any atom is 0.246 e. The number of hydrogen-bond donors (Lipinski definition) is 3. The molecule has 0 bridgehead atoms. The van der Waals surface area contributed by atoms with Crippen LogP contribution >= 0.6 is 0 Å². The number of carbonyl (C=O) groups excluding carboxylic acids is 5. The second-order valence-corrected chi connectivity index (χ2v) is 11.7. The molecule has 37 heavy (non-hydrogen) atoms. The average molecular weight is 520 g/mol. The molecule has 5 amide bonds. The molecule has 3 heterocycles. The van der Waals surface area contributed by atoms with Crippen LogP contribution in [0.2, 0.25) is 0 Å². The lowest BCUT2D eigenvalue weighted by molar-refractivity contribution is -0.145. The summed E-state index contributed by atoms with van der Waals surface area (Å²) in [5.74, 6) is -1.98. The lowest BCUT2D eigenvalue weighted by Crippen LogP contribution is -2.59. The van der Waals surface area contributed by atoms with Gasteiger partial charge in [0.1, 0.15) is 30.2 Å². The number of nitrogens with zero attached hydrogens (tertiary/aromatic N) is 2. The van der Waals surface area contributed by atoms with E-state index in [-0.39, 0.29) is 41.4 Å². The van der Waals surface area contributed by atoms with E-state index in [4.69, 9.17) is 0 Å². The third kappa shape index (κ3) is 6.44. The van der Waals surface area contributed by atoms with E-state index in [0.717, 1.165) is 0 Å². The van der Waals surface area contributed by atoms with Crippen molar-refractivity contribution >= 4 is 29.5 Å². The largest absolute Gasteiger partial charge is 0.343 e. The van der Waals surface area contributed by atoms with Crippen LogP contribution in [0, 0.1) is 17.8 Å². The van der Waals surface area contributed by atoms with Crippen molar-refractivity contribution in [3.05, 3.63) is 0 Å². The van der Waals surface area contributed by atoms with E-state index in [0.29, 0.717) is 51.6 Å². The zero-order chi connectivity index (χ0) is 27.4. The predicted octanol–water partition coefficient (Wildman–Crippen LogP) is 1.18. The molecule has 0 radical (unpaired) electrons. The highest BCUT2D eigenvalue weighted by atomic mass is 16.2. The maximum absolute atomic E-state index is 13.8. The van der Waals surface area contributed by atoms with E-state index in [2.05, 4.69) is 16.0 Å². The number of rotatable bonds is 5. The SMILES string of the molecule is CC[C@@H](C)[C@@H]1NC(=O)[C@H](CC(C)C)NC(=O)[C@@H]2CCCN2C(=O)[C@H](C(C)C)NC(=O)[C@@H]2CCCN2C1=O. The van der Waals surface area contributed by atoms with E-state index < -0.39 is 36.1 Å². The van der Waals surface area contributed by atoms with Gasteiger partial charge in [0, 0.05) is 13.1 Å². The zero-order valence-electron chi connectivity index (χ0n) is 23.2. The second-order valence-electron chi connectivity index (χ2n) is 11.7. The Kier molecular flexibility index (Phi) is 9.58. The van der Waals surface area contributed by atoms with Crippen LogP contribution in [0.3, 0.4) is 0 Å². The van der Waals surface area contributed by atoms with Gasteiger partial charge in [0.25, 0.3) is 0 Å². The fourth-order valence-corrected chi connectivity index (χ4v) is 5.63. The first kappa shape index (κ1) is 28.9. The summed E-state index contributed by atoms with van der Waals surface area (Å²) in [5, 5.41) is 8.74. The molecule has 3 rings (SSSR count). The van der Waals surface area contributed by atoms with E-state index in [1.54, 1.807) is 9.80 Å². The highest BCUT2D eigenvalue weighted by Gasteiger charge is 2.44. The molecule has 0 aromatic rings. The van der Waals surface area contributed by atoms with E-state index >= 15 is 0 Å². The van der Waals surface area contributed by atoms with Crippen LogP contribution in [0.1, 0.15) is 80.1 Å². The molecule has 3 N–H and O–H groups in total. The Morgan fingerprint density at radius 2 is 1.22 bits per heavy atom. The minimum absolute atomic E-state index is 0.118. The Labute approximate surface area is 220 Å². The minimum atomic E-state index is -0.829. The first-order valence-electron chi connectivity index (χ1n) is 14.0. The number of amides is 5. The van der Waals surface area contributed by atoms with Gasteiger partial charge in [-0.15, -0.1) is 0 Å². The molecular formula is C27H45N5O5. The zero-order valence-corrected chi connectivity index (χ0v) is 23.2. The number of fused-ring (bicyclic) bond motifs is 2. The van der Waals surface area contributed by atoms with Crippen molar-refractivity contribution in [1.29, 1.82) is 0 Å². The van der Waals surface area contributed by atoms with Crippen LogP contribution in [0.5, 0.6) is 0 Å². The van der Waals surface area contributed by atoms with Gasteiger partial charge in [-0.25, -0.2) is 0 Å². The molecule has 10 heteroatoms. The monoisotopic (exact) mass is 519 g/mol. The molecule has 0 aliphatic carbocycles. The molecule has 3 aliphatic rings.